The van der Waals surface area contributed by atoms with Crippen molar-refractivity contribution < 1.29 is 22.7 Å². The van der Waals surface area contributed by atoms with E-state index in [1.54, 1.807) is 18.2 Å². The molecule has 2 aromatic carbocycles. The molecular formula is C16H14N2O5S. The summed E-state index contributed by atoms with van der Waals surface area (Å²) in [7, 11) is -2.55. The van der Waals surface area contributed by atoms with Crippen LogP contribution in [0.2, 0.25) is 0 Å². The molecule has 8 heteroatoms. The summed E-state index contributed by atoms with van der Waals surface area (Å²) in [6.45, 7) is -0.262. The lowest BCUT2D eigenvalue weighted by molar-refractivity contribution is -0.142. The molecular weight excluding hydrogens is 332 g/mol. The smallest absolute Gasteiger partial charge is 0.343 e. The van der Waals surface area contributed by atoms with Crippen LogP contribution in [0.25, 0.3) is 0 Å². The van der Waals surface area contributed by atoms with Gasteiger partial charge in [-0.05, 0) is 42.5 Å². The van der Waals surface area contributed by atoms with E-state index >= 15 is 0 Å². The number of methoxy groups -OCH3 is 1. The highest BCUT2D eigenvalue weighted by Gasteiger charge is 2.14. The van der Waals surface area contributed by atoms with Gasteiger partial charge in [-0.3, -0.25) is 4.72 Å². The van der Waals surface area contributed by atoms with Crippen LogP contribution in [0.15, 0.2) is 53.4 Å². The third-order valence-corrected chi connectivity index (χ3v) is 4.36. The van der Waals surface area contributed by atoms with Crippen LogP contribution < -0.4 is 9.46 Å². The number of esters is 1. The molecule has 124 valence electrons. The SMILES string of the molecule is COC(=O)COc1ccc(S(=O)(=O)Nc2cccc(C#N)c2)cc1. The van der Waals surface area contributed by atoms with Crippen molar-refractivity contribution in [2.45, 2.75) is 4.90 Å². The maximum Gasteiger partial charge on any atom is 0.343 e. The third-order valence-electron chi connectivity index (χ3n) is 2.96. The zero-order valence-electron chi connectivity index (χ0n) is 12.7. The van der Waals surface area contributed by atoms with Gasteiger partial charge in [-0.25, -0.2) is 13.2 Å². The molecule has 0 aliphatic rings. The van der Waals surface area contributed by atoms with Gasteiger partial charge in [-0.15, -0.1) is 0 Å². The average Bonchev–Trinajstić information content (AvgIpc) is 2.59. The highest BCUT2D eigenvalue weighted by atomic mass is 32.2. The summed E-state index contributed by atoms with van der Waals surface area (Å²) in [5.41, 5.74) is 0.641. The first-order valence-corrected chi connectivity index (χ1v) is 8.25. The lowest BCUT2D eigenvalue weighted by atomic mass is 10.2. The number of rotatable bonds is 6. The number of ether oxygens (including phenoxy) is 2. The first-order valence-electron chi connectivity index (χ1n) is 6.77. The summed E-state index contributed by atoms with van der Waals surface area (Å²) in [4.78, 5) is 11.0. The van der Waals surface area contributed by atoms with Crippen molar-refractivity contribution in [1.82, 2.24) is 0 Å². The standard InChI is InChI=1S/C16H14N2O5S/c1-22-16(19)11-23-14-5-7-15(8-6-14)24(20,21)18-13-4-2-3-12(9-13)10-17/h2-9,18H,11H2,1H3. The second kappa shape index (κ2) is 7.48. The Balaban J connectivity index is 2.11. The van der Waals surface area contributed by atoms with E-state index in [0.29, 0.717) is 17.0 Å². The molecule has 0 atom stereocenters. The third kappa shape index (κ3) is 4.47. The molecule has 24 heavy (non-hydrogen) atoms. The number of hydrogen-bond donors (Lipinski definition) is 1. The summed E-state index contributed by atoms with van der Waals surface area (Å²) < 4.78 is 36.6. The highest BCUT2D eigenvalue weighted by molar-refractivity contribution is 7.92. The van der Waals surface area contributed by atoms with Gasteiger partial charge in [0.25, 0.3) is 10.0 Å². The molecule has 0 unspecified atom stereocenters. The quantitative estimate of drug-likeness (QED) is 0.801. The zero-order chi connectivity index (χ0) is 17.6. The van der Waals surface area contributed by atoms with Crippen molar-refractivity contribution in [1.29, 1.82) is 5.26 Å². The number of nitrogens with one attached hydrogen (secondary N) is 1. The number of nitriles is 1. The monoisotopic (exact) mass is 346 g/mol. The van der Waals surface area contributed by atoms with E-state index in [9.17, 15) is 13.2 Å². The van der Waals surface area contributed by atoms with Crippen molar-refractivity contribution in [3.63, 3.8) is 0 Å². The van der Waals surface area contributed by atoms with Gasteiger partial charge in [-0.2, -0.15) is 5.26 Å². The predicted octanol–water partition coefficient (Wildman–Crippen LogP) is 1.91. The van der Waals surface area contributed by atoms with Gasteiger partial charge in [0.15, 0.2) is 6.61 Å². The Kier molecular flexibility index (Phi) is 5.39. The van der Waals surface area contributed by atoms with E-state index in [1.165, 1.54) is 37.4 Å². The topological polar surface area (TPSA) is 105 Å². The summed E-state index contributed by atoms with van der Waals surface area (Å²) in [5.74, 6) is -0.198. The van der Waals surface area contributed by atoms with Gasteiger partial charge in [-0.1, -0.05) is 6.07 Å². The van der Waals surface area contributed by atoms with Gasteiger partial charge < -0.3 is 9.47 Å². The Labute approximate surface area is 139 Å². The van der Waals surface area contributed by atoms with Crippen molar-refractivity contribution in [3.8, 4) is 11.8 Å². The average molecular weight is 346 g/mol. The van der Waals surface area contributed by atoms with Gasteiger partial charge in [0.1, 0.15) is 5.75 Å². The van der Waals surface area contributed by atoms with Crippen molar-refractivity contribution >= 4 is 21.7 Å². The number of sulfonamides is 1. The molecule has 0 spiro atoms. The Bertz CT molecular complexity index is 870. The van der Waals surface area contributed by atoms with Gasteiger partial charge in [0.05, 0.1) is 29.3 Å². The Morgan fingerprint density at radius 1 is 1.21 bits per heavy atom. The second-order valence-electron chi connectivity index (χ2n) is 4.63. The van der Waals surface area contributed by atoms with Gasteiger partial charge in [0.2, 0.25) is 0 Å². The molecule has 0 fully saturated rings. The number of carbonyl (C=O) groups excluding carboxylic acids is 1. The van der Waals surface area contributed by atoms with Crippen molar-refractivity contribution in [3.05, 3.63) is 54.1 Å². The first kappa shape index (κ1) is 17.3. The molecule has 0 heterocycles. The number of benzene rings is 2. The van der Waals surface area contributed by atoms with E-state index in [0.717, 1.165) is 0 Å². The van der Waals surface area contributed by atoms with Crippen LogP contribution in [0.5, 0.6) is 5.75 Å². The molecule has 0 radical (unpaired) electrons. The minimum atomic E-state index is -3.80. The van der Waals surface area contributed by atoms with Crippen molar-refractivity contribution in [2.75, 3.05) is 18.4 Å². The highest BCUT2D eigenvalue weighted by Crippen LogP contribution is 2.20. The molecule has 0 saturated heterocycles. The van der Waals surface area contributed by atoms with E-state index in [4.69, 9.17) is 10.00 Å². The van der Waals surface area contributed by atoms with E-state index in [2.05, 4.69) is 9.46 Å². The fraction of sp³-hybridized carbons (Fsp3) is 0.125. The van der Waals surface area contributed by atoms with Crippen LogP contribution in [0, 0.1) is 11.3 Å². The maximum absolute atomic E-state index is 12.3. The fourth-order valence-corrected chi connectivity index (χ4v) is 2.83. The Hall–Kier alpha value is -3.05. The second-order valence-corrected chi connectivity index (χ2v) is 6.32. The van der Waals surface area contributed by atoms with Crippen LogP contribution in [0.3, 0.4) is 0 Å². The normalized spacial score (nSPS) is 10.5. The lowest BCUT2D eigenvalue weighted by Crippen LogP contribution is -2.14. The molecule has 2 aromatic rings. The first-order chi connectivity index (χ1) is 11.4. The molecule has 0 saturated carbocycles. The van der Waals surface area contributed by atoms with Crippen LogP contribution in [-0.2, 0) is 19.6 Å². The number of anilines is 1. The maximum atomic E-state index is 12.3. The van der Waals surface area contributed by atoms with Crippen LogP contribution in [-0.4, -0.2) is 28.1 Å². The molecule has 1 N–H and O–H groups in total. The number of hydrogen-bond acceptors (Lipinski definition) is 6. The predicted molar refractivity (Wildman–Crippen MR) is 85.9 cm³/mol. The number of nitrogens with zero attached hydrogens (tertiary/aromatic N) is 1. The molecule has 0 aromatic heterocycles. The Morgan fingerprint density at radius 3 is 2.54 bits per heavy atom. The Morgan fingerprint density at radius 2 is 1.92 bits per heavy atom. The van der Waals surface area contributed by atoms with Gasteiger partial charge in [0, 0.05) is 0 Å². The molecule has 0 aliphatic carbocycles. The minimum absolute atomic E-state index is 0.0234. The molecule has 0 bridgehead atoms. The molecule has 0 amide bonds. The largest absolute Gasteiger partial charge is 0.482 e. The molecule has 0 aliphatic heterocycles. The summed E-state index contributed by atoms with van der Waals surface area (Å²) >= 11 is 0. The van der Waals surface area contributed by atoms with Crippen molar-refractivity contribution in [2.24, 2.45) is 0 Å². The van der Waals surface area contributed by atoms with E-state index in [-0.39, 0.29) is 11.5 Å². The fourth-order valence-electron chi connectivity index (χ4n) is 1.78. The lowest BCUT2D eigenvalue weighted by Gasteiger charge is -2.09. The van der Waals surface area contributed by atoms with Crippen LogP contribution >= 0.6 is 0 Å². The van der Waals surface area contributed by atoms with E-state index < -0.39 is 16.0 Å². The summed E-state index contributed by atoms with van der Waals surface area (Å²) in [6, 6.07) is 13.6. The van der Waals surface area contributed by atoms with E-state index in [1.807, 2.05) is 6.07 Å². The number of carbonyl (C=O) groups is 1. The van der Waals surface area contributed by atoms with Crippen LogP contribution in [0.1, 0.15) is 5.56 Å². The minimum Gasteiger partial charge on any atom is -0.482 e. The van der Waals surface area contributed by atoms with Gasteiger partial charge >= 0.3 is 5.97 Å². The zero-order valence-corrected chi connectivity index (χ0v) is 13.5. The summed E-state index contributed by atoms with van der Waals surface area (Å²) in [5, 5.41) is 8.84. The van der Waals surface area contributed by atoms with Crippen LogP contribution in [0.4, 0.5) is 5.69 Å². The summed E-state index contributed by atoms with van der Waals surface area (Å²) in [6.07, 6.45) is 0. The molecule has 2 rings (SSSR count). The molecule has 7 nitrogen and oxygen atoms in total.